The molecule has 0 aliphatic rings. The van der Waals surface area contributed by atoms with Crippen LogP contribution in [0.3, 0.4) is 0 Å². The molecule has 0 aliphatic carbocycles. The zero-order valence-electron chi connectivity index (χ0n) is 16.9. The van der Waals surface area contributed by atoms with Crippen molar-refractivity contribution in [3.63, 3.8) is 0 Å². The highest BCUT2D eigenvalue weighted by atomic mass is 32.2. The molecule has 0 radical (unpaired) electrons. The quantitative estimate of drug-likeness (QED) is 0.813. The van der Waals surface area contributed by atoms with Crippen molar-refractivity contribution in [2.24, 2.45) is 0 Å². The maximum absolute atomic E-state index is 12.5. The normalized spacial score (nSPS) is 11.3. The molecule has 5 nitrogen and oxygen atoms in total. The summed E-state index contributed by atoms with van der Waals surface area (Å²) < 4.78 is 25.9. The van der Waals surface area contributed by atoms with E-state index in [0.717, 1.165) is 33.5 Å². The third-order valence-electron chi connectivity index (χ3n) is 4.52. The van der Waals surface area contributed by atoms with Gasteiger partial charge in [-0.15, -0.1) is 0 Å². The van der Waals surface area contributed by atoms with Gasteiger partial charge < -0.3 is 5.32 Å². The van der Waals surface area contributed by atoms with Crippen LogP contribution in [-0.2, 0) is 14.8 Å². The summed E-state index contributed by atoms with van der Waals surface area (Å²) in [4.78, 5) is 12.5. The second-order valence-electron chi connectivity index (χ2n) is 7.20. The number of sulfonamides is 1. The van der Waals surface area contributed by atoms with Crippen LogP contribution in [0.25, 0.3) is 0 Å². The van der Waals surface area contributed by atoms with Gasteiger partial charge in [0, 0.05) is 18.7 Å². The van der Waals surface area contributed by atoms with E-state index in [0.29, 0.717) is 5.69 Å². The number of carbonyl (C=O) groups excluding carboxylic acids is 1. The van der Waals surface area contributed by atoms with E-state index in [1.165, 1.54) is 10.6 Å². The van der Waals surface area contributed by atoms with Crippen LogP contribution in [0.4, 0.5) is 11.4 Å². The van der Waals surface area contributed by atoms with Crippen LogP contribution in [0, 0.1) is 34.6 Å². The molecule has 1 N–H and O–H groups in total. The van der Waals surface area contributed by atoms with Crippen LogP contribution < -0.4 is 9.62 Å². The molecule has 1 amide bonds. The molecule has 0 fully saturated rings. The van der Waals surface area contributed by atoms with Crippen LogP contribution in [0.1, 0.15) is 34.2 Å². The maximum atomic E-state index is 12.5. The molecule has 0 saturated carbocycles. The first-order chi connectivity index (χ1) is 12.5. The first-order valence-corrected chi connectivity index (χ1v) is 10.8. The zero-order chi connectivity index (χ0) is 20.4. The summed E-state index contributed by atoms with van der Waals surface area (Å²) in [7, 11) is -3.49. The van der Waals surface area contributed by atoms with Gasteiger partial charge in [0.2, 0.25) is 15.9 Å². The molecular weight excluding hydrogens is 360 g/mol. The average Bonchev–Trinajstić information content (AvgIpc) is 2.53. The van der Waals surface area contributed by atoms with Crippen molar-refractivity contribution in [3.8, 4) is 0 Å². The maximum Gasteiger partial charge on any atom is 0.232 e. The third kappa shape index (κ3) is 5.32. The van der Waals surface area contributed by atoms with Gasteiger partial charge >= 0.3 is 0 Å². The van der Waals surface area contributed by atoms with E-state index in [1.54, 1.807) is 0 Å². The first-order valence-electron chi connectivity index (χ1n) is 8.91. The Balaban J connectivity index is 2.19. The van der Waals surface area contributed by atoms with Gasteiger partial charge in [0.05, 0.1) is 11.9 Å². The molecule has 0 spiro atoms. The largest absolute Gasteiger partial charge is 0.326 e. The number of rotatable bonds is 6. The van der Waals surface area contributed by atoms with Crippen molar-refractivity contribution in [2.45, 2.75) is 41.0 Å². The highest BCUT2D eigenvalue weighted by Crippen LogP contribution is 2.25. The summed E-state index contributed by atoms with van der Waals surface area (Å²) in [5.74, 6) is -0.205. The zero-order valence-corrected chi connectivity index (χ0v) is 17.7. The molecule has 0 aliphatic heterocycles. The van der Waals surface area contributed by atoms with Crippen LogP contribution in [0.15, 0.2) is 30.3 Å². The number of aryl methyl sites for hydroxylation is 5. The van der Waals surface area contributed by atoms with Crippen LogP contribution in [0.5, 0.6) is 0 Å². The fourth-order valence-electron chi connectivity index (χ4n) is 3.24. The van der Waals surface area contributed by atoms with E-state index in [4.69, 9.17) is 0 Å². The van der Waals surface area contributed by atoms with E-state index >= 15 is 0 Å². The second-order valence-corrected chi connectivity index (χ2v) is 9.10. The van der Waals surface area contributed by atoms with Gasteiger partial charge in [0.25, 0.3) is 0 Å². The minimum Gasteiger partial charge on any atom is -0.326 e. The van der Waals surface area contributed by atoms with Gasteiger partial charge in [-0.2, -0.15) is 0 Å². The lowest BCUT2D eigenvalue weighted by atomic mass is 10.0. The lowest BCUT2D eigenvalue weighted by Gasteiger charge is -2.24. The fourth-order valence-corrected chi connectivity index (χ4v) is 4.21. The number of hydrogen-bond acceptors (Lipinski definition) is 3. The Bertz CT molecular complexity index is 942. The predicted molar refractivity (Wildman–Crippen MR) is 112 cm³/mol. The number of anilines is 2. The molecule has 0 atom stereocenters. The predicted octanol–water partition coefficient (Wildman–Crippen LogP) is 4.02. The lowest BCUT2D eigenvalue weighted by Crippen LogP contribution is -2.33. The number of nitrogens with zero attached hydrogens (tertiary/aromatic N) is 1. The summed E-state index contributed by atoms with van der Waals surface area (Å²) in [6, 6.07) is 9.70. The Morgan fingerprint density at radius 2 is 1.52 bits per heavy atom. The Hall–Kier alpha value is -2.34. The van der Waals surface area contributed by atoms with Crippen LogP contribution in [0.2, 0.25) is 0 Å². The molecule has 6 heteroatoms. The molecule has 2 rings (SSSR count). The Kier molecular flexibility index (Phi) is 6.31. The van der Waals surface area contributed by atoms with Crippen LogP contribution >= 0.6 is 0 Å². The molecule has 0 unspecified atom stereocenters. The average molecular weight is 389 g/mol. The Labute approximate surface area is 162 Å². The van der Waals surface area contributed by atoms with Gasteiger partial charge in [-0.3, -0.25) is 9.10 Å². The summed E-state index contributed by atoms with van der Waals surface area (Å²) in [5, 5.41) is 2.93. The van der Waals surface area contributed by atoms with E-state index in [1.807, 2.05) is 65.0 Å². The standard InChI is InChI=1S/C21H28N2O3S/c1-14-7-8-16(3)19(13-14)23(27(6,25)26)10-9-20(24)22-21-17(4)11-15(2)12-18(21)5/h7-8,11-13H,9-10H2,1-6H3,(H,22,24). The summed E-state index contributed by atoms with van der Waals surface area (Å²) >= 11 is 0. The molecule has 2 aromatic rings. The Morgan fingerprint density at radius 1 is 0.926 bits per heavy atom. The number of nitrogens with one attached hydrogen (secondary N) is 1. The minimum atomic E-state index is -3.49. The lowest BCUT2D eigenvalue weighted by molar-refractivity contribution is -0.116. The smallest absolute Gasteiger partial charge is 0.232 e. The van der Waals surface area contributed by atoms with Crippen molar-refractivity contribution >= 4 is 27.3 Å². The molecule has 146 valence electrons. The highest BCUT2D eigenvalue weighted by molar-refractivity contribution is 7.92. The number of carbonyl (C=O) groups is 1. The van der Waals surface area contributed by atoms with Gasteiger partial charge in [0.15, 0.2) is 0 Å². The Morgan fingerprint density at radius 3 is 2.07 bits per heavy atom. The topological polar surface area (TPSA) is 66.5 Å². The van der Waals surface area contributed by atoms with Gasteiger partial charge in [-0.05, 0) is 62.9 Å². The van der Waals surface area contributed by atoms with Crippen molar-refractivity contribution in [3.05, 3.63) is 58.1 Å². The number of hydrogen-bond donors (Lipinski definition) is 1. The number of amides is 1. The van der Waals surface area contributed by atoms with Gasteiger partial charge in [0.1, 0.15) is 0 Å². The second kappa shape index (κ2) is 8.13. The van der Waals surface area contributed by atoms with E-state index in [-0.39, 0.29) is 18.9 Å². The third-order valence-corrected chi connectivity index (χ3v) is 5.70. The molecule has 27 heavy (non-hydrogen) atoms. The molecular formula is C21H28N2O3S. The highest BCUT2D eigenvalue weighted by Gasteiger charge is 2.21. The van der Waals surface area contributed by atoms with E-state index < -0.39 is 10.0 Å². The van der Waals surface area contributed by atoms with Crippen molar-refractivity contribution in [1.29, 1.82) is 0 Å². The molecule has 0 saturated heterocycles. The SMILES string of the molecule is Cc1cc(C)c(NC(=O)CCN(c2cc(C)ccc2C)S(C)(=O)=O)c(C)c1. The molecule has 2 aromatic carbocycles. The molecule has 0 heterocycles. The fraction of sp³-hybridized carbons (Fsp3) is 0.381. The summed E-state index contributed by atoms with van der Waals surface area (Å²) in [6.07, 6.45) is 1.24. The first kappa shape index (κ1) is 21.0. The van der Waals surface area contributed by atoms with Crippen LogP contribution in [-0.4, -0.2) is 27.1 Å². The molecule has 0 aromatic heterocycles. The minimum absolute atomic E-state index is 0.0766. The van der Waals surface area contributed by atoms with Gasteiger partial charge in [-0.25, -0.2) is 8.42 Å². The van der Waals surface area contributed by atoms with Gasteiger partial charge in [-0.1, -0.05) is 29.8 Å². The summed E-state index contributed by atoms with van der Waals surface area (Å²) in [5.41, 5.74) is 6.37. The number of benzene rings is 2. The summed E-state index contributed by atoms with van der Waals surface area (Å²) in [6.45, 7) is 9.80. The van der Waals surface area contributed by atoms with E-state index in [9.17, 15) is 13.2 Å². The van der Waals surface area contributed by atoms with Crippen molar-refractivity contribution < 1.29 is 13.2 Å². The van der Waals surface area contributed by atoms with Crippen molar-refractivity contribution in [2.75, 3.05) is 22.4 Å². The van der Waals surface area contributed by atoms with E-state index in [2.05, 4.69) is 5.32 Å². The monoisotopic (exact) mass is 388 g/mol. The van der Waals surface area contributed by atoms with Crippen molar-refractivity contribution in [1.82, 2.24) is 0 Å². The molecule has 0 bridgehead atoms.